The van der Waals surface area contributed by atoms with Gasteiger partial charge in [0, 0.05) is 12.1 Å². The molecule has 0 bridgehead atoms. The van der Waals surface area contributed by atoms with Crippen molar-refractivity contribution >= 4 is 40.2 Å². The SMILES string of the molecule is CC(C)(C)c1ccccc1NC(=O)C1CC(c2ccc(Cl)s2)=NO1. The number of hydrogen-bond acceptors (Lipinski definition) is 4. The maximum atomic E-state index is 12.5. The lowest BCUT2D eigenvalue weighted by atomic mass is 9.86. The summed E-state index contributed by atoms with van der Waals surface area (Å²) >= 11 is 7.38. The molecule has 0 spiro atoms. The van der Waals surface area contributed by atoms with Gasteiger partial charge in [-0.15, -0.1) is 11.3 Å². The average molecular weight is 363 g/mol. The number of rotatable bonds is 3. The molecule has 0 saturated heterocycles. The van der Waals surface area contributed by atoms with Crippen LogP contribution in [-0.4, -0.2) is 17.7 Å². The number of carbonyl (C=O) groups is 1. The molecule has 2 aromatic rings. The number of oxime groups is 1. The summed E-state index contributed by atoms with van der Waals surface area (Å²) in [5.41, 5.74) is 2.60. The zero-order valence-corrected chi connectivity index (χ0v) is 15.4. The van der Waals surface area contributed by atoms with Crippen molar-refractivity contribution in [2.45, 2.75) is 38.7 Å². The fraction of sp³-hybridized carbons (Fsp3) is 0.333. The van der Waals surface area contributed by atoms with Gasteiger partial charge < -0.3 is 10.2 Å². The van der Waals surface area contributed by atoms with Crippen LogP contribution in [0.3, 0.4) is 0 Å². The summed E-state index contributed by atoms with van der Waals surface area (Å²) < 4.78 is 0.694. The van der Waals surface area contributed by atoms with Gasteiger partial charge in [0.05, 0.1) is 9.21 Å². The first kappa shape index (κ1) is 17.0. The standard InChI is InChI=1S/C18H19ClN2O2S/c1-18(2,3)11-6-4-5-7-12(11)20-17(22)14-10-13(21-23-14)15-8-9-16(19)24-15/h4-9,14H,10H2,1-3H3,(H,20,22). The number of nitrogens with zero attached hydrogens (tertiary/aromatic N) is 1. The number of amides is 1. The third-order valence-electron chi connectivity index (χ3n) is 3.81. The van der Waals surface area contributed by atoms with Gasteiger partial charge in [-0.05, 0) is 29.2 Å². The number of anilines is 1. The average Bonchev–Trinajstić information content (AvgIpc) is 3.15. The van der Waals surface area contributed by atoms with Crippen LogP contribution in [0.15, 0.2) is 41.6 Å². The van der Waals surface area contributed by atoms with Crippen molar-refractivity contribution in [1.29, 1.82) is 0 Å². The van der Waals surface area contributed by atoms with Crippen LogP contribution in [0.5, 0.6) is 0 Å². The highest BCUT2D eigenvalue weighted by molar-refractivity contribution is 7.18. The molecule has 0 saturated carbocycles. The highest BCUT2D eigenvalue weighted by Crippen LogP contribution is 2.30. The Balaban J connectivity index is 1.70. The topological polar surface area (TPSA) is 50.7 Å². The Bertz CT molecular complexity index is 792. The third kappa shape index (κ3) is 3.62. The quantitative estimate of drug-likeness (QED) is 0.850. The molecule has 1 aromatic heterocycles. The van der Waals surface area contributed by atoms with E-state index in [1.807, 2.05) is 36.4 Å². The van der Waals surface area contributed by atoms with Gasteiger partial charge in [0.2, 0.25) is 6.10 Å². The van der Waals surface area contributed by atoms with Gasteiger partial charge in [0.15, 0.2) is 0 Å². The molecule has 3 rings (SSSR count). The first-order chi connectivity index (χ1) is 11.3. The Labute approximate surface area is 150 Å². The third-order valence-corrected chi connectivity index (χ3v) is 5.09. The van der Waals surface area contributed by atoms with Crippen LogP contribution in [0, 0.1) is 0 Å². The summed E-state index contributed by atoms with van der Waals surface area (Å²) in [7, 11) is 0. The normalized spacial score (nSPS) is 17.3. The van der Waals surface area contributed by atoms with E-state index in [-0.39, 0.29) is 11.3 Å². The number of thiophene rings is 1. The zero-order valence-electron chi connectivity index (χ0n) is 13.8. The molecule has 6 heteroatoms. The number of para-hydroxylation sites is 1. The van der Waals surface area contributed by atoms with Crippen LogP contribution in [-0.2, 0) is 15.0 Å². The Morgan fingerprint density at radius 3 is 2.71 bits per heavy atom. The summed E-state index contributed by atoms with van der Waals surface area (Å²) in [6, 6.07) is 11.5. The van der Waals surface area contributed by atoms with Crippen molar-refractivity contribution in [2.24, 2.45) is 5.16 Å². The first-order valence-electron chi connectivity index (χ1n) is 7.73. The molecule has 126 valence electrons. The number of hydrogen-bond donors (Lipinski definition) is 1. The molecule has 1 aliphatic rings. The number of carbonyl (C=O) groups excluding carboxylic acids is 1. The fourth-order valence-electron chi connectivity index (χ4n) is 2.59. The van der Waals surface area contributed by atoms with Crippen LogP contribution in [0.25, 0.3) is 0 Å². The monoisotopic (exact) mass is 362 g/mol. The van der Waals surface area contributed by atoms with Crippen molar-refractivity contribution in [3.63, 3.8) is 0 Å². The van der Waals surface area contributed by atoms with E-state index in [0.717, 1.165) is 21.8 Å². The van der Waals surface area contributed by atoms with E-state index in [1.165, 1.54) is 11.3 Å². The Morgan fingerprint density at radius 2 is 2.04 bits per heavy atom. The molecule has 2 heterocycles. The van der Waals surface area contributed by atoms with Crippen LogP contribution in [0.2, 0.25) is 4.34 Å². The molecular weight excluding hydrogens is 344 g/mol. The van der Waals surface area contributed by atoms with Crippen molar-refractivity contribution in [1.82, 2.24) is 0 Å². The number of halogens is 1. The minimum absolute atomic E-state index is 0.0597. The van der Waals surface area contributed by atoms with Crippen molar-refractivity contribution in [3.05, 3.63) is 51.2 Å². The largest absolute Gasteiger partial charge is 0.382 e. The van der Waals surface area contributed by atoms with Gasteiger partial charge in [-0.1, -0.05) is 55.7 Å². The maximum Gasteiger partial charge on any atom is 0.268 e. The molecule has 1 aliphatic heterocycles. The predicted octanol–water partition coefficient (Wildman–Crippen LogP) is 4.83. The Hall–Kier alpha value is -1.85. The highest BCUT2D eigenvalue weighted by atomic mass is 35.5. The number of nitrogens with one attached hydrogen (secondary N) is 1. The van der Waals surface area contributed by atoms with Gasteiger partial charge in [0.1, 0.15) is 5.71 Å². The molecule has 1 amide bonds. The lowest BCUT2D eigenvalue weighted by Gasteiger charge is -2.23. The molecule has 1 aromatic carbocycles. The van der Waals surface area contributed by atoms with Gasteiger partial charge in [0.25, 0.3) is 5.91 Å². The van der Waals surface area contributed by atoms with Crippen molar-refractivity contribution < 1.29 is 9.63 Å². The van der Waals surface area contributed by atoms with E-state index in [4.69, 9.17) is 16.4 Å². The maximum absolute atomic E-state index is 12.5. The lowest BCUT2D eigenvalue weighted by Crippen LogP contribution is -2.29. The predicted molar refractivity (Wildman–Crippen MR) is 99.1 cm³/mol. The second kappa shape index (κ2) is 6.57. The molecule has 0 fully saturated rings. The first-order valence-corrected chi connectivity index (χ1v) is 8.93. The van der Waals surface area contributed by atoms with Crippen molar-refractivity contribution in [3.8, 4) is 0 Å². The second-order valence-corrected chi connectivity index (χ2v) is 8.44. The van der Waals surface area contributed by atoms with Crippen LogP contribution in [0.4, 0.5) is 5.69 Å². The van der Waals surface area contributed by atoms with E-state index in [9.17, 15) is 4.79 Å². The zero-order chi connectivity index (χ0) is 17.3. The van der Waals surface area contributed by atoms with Gasteiger partial charge in [-0.25, -0.2) is 0 Å². The van der Waals surface area contributed by atoms with Crippen LogP contribution >= 0.6 is 22.9 Å². The summed E-state index contributed by atoms with van der Waals surface area (Å²) in [5, 5.41) is 7.02. The number of benzene rings is 1. The minimum atomic E-state index is -0.617. The minimum Gasteiger partial charge on any atom is -0.382 e. The lowest BCUT2D eigenvalue weighted by molar-refractivity contribution is -0.125. The van der Waals surface area contributed by atoms with Gasteiger partial charge in [-0.3, -0.25) is 4.79 Å². The summed E-state index contributed by atoms with van der Waals surface area (Å²) in [6.45, 7) is 6.35. The van der Waals surface area contributed by atoms with E-state index >= 15 is 0 Å². The highest BCUT2D eigenvalue weighted by Gasteiger charge is 2.30. The van der Waals surface area contributed by atoms with E-state index in [2.05, 4.69) is 31.2 Å². The Kier molecular flexibility index (Phi) is 4.65. The molecule has 1 unspecified atom stereocenters. The van der Waals surface area contributed by atoms with Crippen LogP contribution in [0.1, 0.15) is 37.6 Å². The smallest absolute Gasteiger partial charge is 0.268 e. The fourth-order valence-corrected chi connectivity index (χ4v) is 3.63. The molecule has 0 radical (unpaired) electrons. The van der Waals surface area contributed by atoms with E-state index < -0.39 is 6.10 Å². The van der Waals surface area contributed by atoms with Crippen LogP contribution < -0.4 is 5.32 Å². The van der Waals surface area contributed by atoms with Gasteiger partial charge in [-0.2, -0.15) is 0 Å². The van der Waals surface area contributed by atoms with Crippen molar-refractivity contribution in [2.75, 3.05) is 5.32 Å². The summed E-state index contributed by atoms with van der Waals surface area (Å²) in [5.74, 6) is -0.187. The second-order valence-electron chi connectivity index (χ2n) is 6.72. The summed E-state index contributed by atoms with van der Waals surface area (Å²) in [4.78, 5) is 18.8. The Morgan fingerprint density at radius 1 is 1.29 bits per heavy atom. The van der Waals surface area contributed by atoms with E-state index in [0.29, 0.717) is 10.8 Å². The molecular formula is C18H19ClN2O2S. The summed E-state index contributed by atoms with van der Waals surface area (Å²) in [6.07, 6.45) is -0.172. The van der Waals surface area contributed by atoms with Gasteiger partial charge >= 0.3 is 0 Å². The molecule has 4 nitrogen and oxygen atoms in total. The van der Waals surface area contributed by atoms with E-state index in [1.54, 1.807) is 0 Å². The molecule has 24 heavy (non-hydrogen) atoms. The molecule has 1 atom stereocenters. The molecule has 1 N–H and O–H groups in total. The molecule has 0 aliphatic carbocycles.